The molecule has 82 valence electrons. The Hall–Kier alpha value is -0.290. The van der Waals surface area contributed by atoms with Crippen LogP contribution in [0.15, 0.2) is 18.2 Å². The summed E-state index contributed by atoms with van der Waals surface area (Å²) in [6.07, 6.45) is 2.38. The van der Waals surface area contributed by atoms with Crippen molar-refractivity contribution in [2.24, 2.45) is 0 Å². The van der Waals surface area contributed by atoms with Crippen LogP contribution in [0.4, 0.5) is 5.69 Å². The van der Waals surface area contributed by atoms with Crippen LogP contribution in [0.2, 0.25) is 0 Å². The van der Waals surface area contributed by atoms with E-state index in [0.29, 0.717) is 6.04 Å². The summed E-state index contributed by atoms with van der Waals surface area (Å²) in [6.45, 7) is 3.92. The molecular weight excluding hydrogens is 301 g/mol. The zero-order valence-corrected chi connectivity index (χ0v) is 11.1. The Morgan fingerprint density at radius 1 is 1.47 bits per heavy atom. The number of nitrogens with one attached hydrogen (secondary N) is 1. The number of rotatable bonds is 2. The van der Waals surface area contributed by atoms with Crippen LogP contribution in [0.1, 0.15) is 18.4 Å². The quantitative estimate of drug-likeness (QED) is 0.846. The minimum atomic E-state index is 0.482. The SMILES string of the molecule is Cc1c(I)cccc1NC1CCCOC1. The van der Waals surface area contributed by atoms with Crippen molar-refractivity contribution in [3.05, 3.63) is 27.3 Å². The smallest absolute Gasteiger partial charge is 0.0667 e. The second kappa shape index (κ2) is 5.16. The Morgan fingerprint density at radius 3 is 3.07 bits per heavy atom. The molecule has 1 N–H and O–H groups in total. The van der Waals surface area contributed by atoms with Crippen LogP contribution in [-0.4, -0.2) is 19.3 Å². The first kappa shape index (κ1) is 11.2. The summed E-state index contributed by atoms with van der Waals surface area (Å²) in [5.74, 6) is 0. The molecule has 1 aromatic carbocycles. The molecule has 1 unspecified atom stereocenters. The van der Waals surface area contributed by atoms with Gasteiger partial charge in [-0.15, -0.1) is 0 Å². The van der Waals surface area contributed by atoms with Gasteiger partial charge in [-0.3, -0.25) is 0 Å². The third-order valence-electron chi connectivity index (χ3n) is 2.79. The van der Waals surface area contributed by atoms with Crippen LogP contribution in [0.5, 0.6) is 0 Å². The summed E-state index contributed by atoms with van der Waals surface area (Å²) in [7, 11) is 0. The fraction of sp³-hybridized carbons (Fsp3) is 0.500. The molecule has 1 aliphatic rings. The predicted octanol–water partition coefficient (Wildman–Crippen LogP) is 3.19. The standard InChI is InChI=1S/C12H16INO/c1-9-11(13)5-2-6-12(9)14-10-4-3-7-15-8-10/h2,5-6,10,14H,3-4,7-8H2,1H3. The van der Waals surface area contributed by atoms with Gasteiger partial charge in [0.2, 0.25) is 0 Å². The zero-order valence-electron chi connectivity index (χ0n) is 8.92. The number of hydrogen-bond acceptors (Lipinski definition) is 2. The number of benzene rings is 1. The van der Waals surface area contributed by atoms with Gasteiger partial charge in [0.15, 0.2) is 0 Å². The van der Waals surface area contributed by atoms with Gasteiger partial charge in [0.25, 0.3) is 0 Å². The summed E-state index contributed by atoms with van der Waals surface area (Å²) < 4.78 is 6.77. The van der Waals surface area contributed by atoms with Crippen molar-refractivity contribution < 1.29 is 4.74 Å². The van der Waals surface area contributed by atoms with E-state index in [-0.39, 0.29) is 0 Å². The largest absolute Gasteiger partial charge is 0.380 e. The highest BCUT2D eigenvalue weighted by molar-refractivity contribution is 14.1. The fourth-order valence-electron chi connectivity index (χ4n) is 1.84. The first-order chi connectivity index (χ1) is 7.27. The van der Waals surface area contributed by atoms with Crippen molar-refractivity contribution in [1.82, 2.24) is 0 Å². The molecule has 1 aromatic rings. The average Bonchev–Trinajstić information content (AvgIpc) is 2.26. The molecule has 0 aromatic heterocycles. The molecular formula is C12H16INO. The normalized spacial score (nSPS) is 21.3. The molecule has 0 spiro atoms. The molecule has 0 amide bonds. The van der Waals surface area contributed by atoms with E-state index in [0.717, 1.165) is 13.2 Å². The van der Waals surface area contributed by atoms with Gasteiger partial charge in [-0.2, -0.15) is 0 Å². The summed E-state index contributed by atoms with van der Waals surface area (Å²) in [5, 5.41) is 3.56. The molecule has 1 heterocycles. The van der Waals surface area contributed by atoms with E-state index in [1.54, 1.807) is 0 Å². The Kier molecular flexibility index (Phi) is 3.86. The second-order valence-corrected chi connectivity index (χ2v) is 5.13. The first-order valence-electron chi connectivity index (χ1n) is 5.37. The summed E-state index contributed by atoms with van der Waals surface area (Å²) >= 11 is 2.37. The summed E-state index contributed by atoms with van der Waals surface area (Å²) in [6, 6.07) is 6.86. The van der Waals surface area contributed by atoms with Crippen molar-refractivity contribution in [1.29, 1.82) is 0 Å². The lowest BCUT2D eigenvalue weighted by molar-refractivity contribution is 0.0876. The highest BCUT2D eigenvalue weighted by Gasteiger charge is 2.14. The van der Waals surface area contributed by atoms with Crippen molar-refractivity contribution in [2.45, 2.75) is 25.8 Å². The van der Waals surface area contributed by atoms with E-state index in [1.165, 1.54) is 27.7 Å². The van der Waals surface area contributed by atoms with Gasteiger partial charge in [-0.25, -0.2) is 0 Å². The van der Waals surface area contributed by atoms with E-state index >= 15 is 0 Å². The van der Waals surface area contributed by atoms with E-state index < -0.39 is 0 Å². The van der Waals surface area contributed by atoms with E-state index in [2.05, 4.69) is 53.0 Å². The van der Waals surface area contributed by atoms with Gasteiger partial charge in [-0.05, 0) is 60.1 Å². The molecule has 2 nitrogen and oxygen atoms in total. The van der Waals surface area contributed by atoms with Crippen molar-refractivity contribution >= 4 is 28.3 Å². The molecule has 0 radical (unpaired) electrons. The fourth-order valence-corrected chi connectivity index (χ4v) is 2.34. The minimum Gasteiger partial charge on any atom is -0.380 e. The minimum absolute atomic E-state index is 0.482. The molecule has 0 aliphatic carbocycles. The van der Waals surface area contributed by atoms with Gasteiger partial charge in [0.1, 0.15) is 0 Å². The zero-order chi connectivity index (χ0) is 10.7. The Morgan fingerprint density at radius 2 is 2.33 bits per heavy atom. The van der Waals surface area contributed by atoms with Crippen LogP contribution >= 0.6 is 22.6 Å². The highest BCUT2D eigenvalue weighted by atomic mass is 127. The molecule has 1 fully saturated rings. The maximum absolute atomic E-state index is 5.46. The number of halogens is 1. The van der Waals surface area contributed by atoms with Gasteiger partial charge in [0, 0.05) is 21.9 Å². The Balaban J connectivity index is 2.06. The maximum atomic E-state index is 5.46. The highest BCUT2D eigenvalue weighted by Crippen LogP contribution is 2.22. The van der Waals surface area contributed by atoms with Crippen LogP contribution in [0.3, 0.4) is 0 Å². The molecule has 15 heavy (non-hydrogen) atoms. The van der Waals surface area contributed by atoms with Crippen LogP contribution in [0.25, 0.3) is 0 Å². The van der Waals surface area contributed by atoms with E-state index in [4.69, 9.17) is 4.74 Å². The van der Waals surface area contributed by atoms with Crippen LogP contribution in [0, 0.1) is 10.5 Å². The molecule has 1 atom stereocenters. The Bertz CT molecular complexity index is 334. The first-order valence-corrected chi connectivity index (χ1v) is 6.44. The lowest BCUT2D eigenvalue weighted by Gasteiger charge is -2.25. The van der Waals surface area contributed by atoms with E-state index in [1.807, 2.05) is 0 Å². The predicted molar refractivity (Wildman–Crippen MR) is 71.4 cm³/mol. The van der Waals surface area contributed by atoms with Gasteiger partial charge in [-0.1, -0.05) is 6.07 Å². The van der Waals surface area contributed by atoms with Crippen molar-refractivity contribution in [3.8, 4) is 0 Å². The van der Waals surface area contributed by atoms with E-state index in [9.17, 15) is 0 Å². The van der Waals surface area contributed by atoms with Gasteiger partial charge in [0.05, 0.1) is 6.61 Å². The summed E-state index contributed by atoms with van der Waals surface area (Å²) in [5.41, 5.74) is 2.58. The van der Waals surface area contributed by atoms with Crippen molar-refractivity contribution in [2.75, 3.05) is 18.5 Å². The number of anilines is 1. The topological polar surface area (TPSA) is 21.3 Å². The molecule has 0 bridgehead atoms. The molecule has 1 saturated heterocycles. The van der Waals surface area contributed by atoms with Crippen LogP contribution < -0.4 is 5.32 Å². The molecule has 1 aliphatic heterocycles. The van der Waals surface area contributed by atoms with Crippen LogP contribution in [-0.2, 0) is 4.74 Å². The van der Waals surface area contributed by atoms with Crippen molar-refractivity contribution in [3.63, 3.8) is 0 Å². The van der Waals surface area contributed by atoms with Gasteiger partial charge < -0.3 is 10.1 Å². The lowest BCUT2D eigenvalue weighted by Crippen LogP contribution is -2.30. The third-order valence-corrected chi connectivity index (χ3v) is 3.96. The molecule has 0 saturated carbocycles. The third kappa shape index (κ3) is 2.84. The maximum Gasteiger partial charge on any atom is 0.0667 e. The number of ether oxygens (including phenoxy) is 1. The monoisotopic (exact) mass is 317 g/mol. The second-order valence-electron chi connectivity index (χ2n) is 3.97. The lowest BCUT2D eigenvalue weighted by atomic mass is 10.1. The average molecular weight is 317 g/mol. The molecule has 2 rings (SSSR count). The van der Waals surface area contributed by atoms with Gasteiger partial charge >= 0.3 is 0 Å². The summed E-state index contributed by atoms with van der Waals surface area (Å²) in [4.78, 5) is 0. The Labute approximate surface area is 105 Å². The molecule has 3 heteroatoms. The number of hydrogen-bond donors (Lipinski definition) is 1.